The number of benzene rings is 1. The highest BCUT2D eigenvalue weighted by molar-refractivity contribution is 5.51. The lowest BCUT2D eigenvalue weighted by molar-refractivity contribution is 0.408. The molecular formula is C9H11NO2. The Morgan fingerprint density at radius 1 is 1.25 bits per heavy atom. The predicted molar refractivity (Wildman–Crippen MR) is 47.9 cm³/mol. The highest BCUT2D eigenvalue weighted by Gasteiger charge is 2.04. The van der Waals surface area contributed by atoms with Crippen molar-refractivity contribution in [3.63, 3.8) is 0 Å². The van der Waals surface area contributed by atoms with Crippen molar-refractivity contribution in [1.82, 2.24) is 0 Å². The smallest absolute Gasteiger partial charge is 0.124 e. The topological polar surface area (TPSA) is 38.7 Å². The third-order valence-electron chi connectivity index (χ3n) is 1.75. The van der Waals surface area contributed by atoms with Gasteiger partial charge in [0.2, 0.25) is 0 Å². The minimum absolute atomic E-state index is 0.450. The van der Waals surface area contributed by atoms with Crippen LogP contribution in [-0.2, 0) is 0 Å². The van der Waals surface area contributed by atoms with Gasteiger partial charge >= 0.3 is 0 Å². The van der Waals surface area contributed by atoms with Gasteiger partial charge in [-0.15, -0.1) is 4.91 Å². The lowest BCUT2D eigenvalue weighted by Crippen LogP contribution is -1.89. The van der Waals surface area contributed by atoms with Gasteiger partial charge in [-0.1, -0.05) is 0 Å². The van der Waals surface area contributed by atoms with E-state index in [0.29, 0.717) is 5.69 Å². The minimum atomic E-state index is 0.450. The van der Waals surface area contributed by atoms with Gasteiger partial charge in [0.05, 0.1) is 7.11 Å². The van der Waals surface area contributed by atoms with Crippen LogP contribution in [0, 0.1) is 18.8 Å². The van der Waals surface area contributed by atoms with Gasteiger partial charge in [0.1, 0.15) is 11.4 Å². The molecule has 1 rings (SSSR count). The van der Waals surface area contributed by atoms with E-state index in [4.69, 9.17) is 4.74 Å². The molecule has 1 aromatic rings. The van der Waals surface area contributed by atoms with E-state index in [1.165, 1.54) is 0 Å². The standard InChI is InChI=1S/C9H11NO2/c1-6-4-8(10-11)5-7(2)9(6)12-3/h4-5H,1-3H3. The Kier molecular flexibility index (Phi) is 2.43. The average Bonchev–Trinajstić information content (AvgIpc) is 2.03. The largest absolute Gasteiger partial charge is 0.496 e. The number of methoxy groups -OCH3 is 1. The van der Waals surface area contributed by atoms with Crippen molar-refractivity contribution in [2.45, 2.75) is 13.8 Å². The van der Waals surface area contributed by atoms with Crippen molar-refractivity contribution >= 4 is 5.69 Å². The predicted octanol–water partition coefficient (Wildman–Crippen LogP) is 2.71. The van der Waals surface area contributed by atoms with Crippen LogP contribution in [-0.4, -0.2) is 7.11 Å². The maximum Gasteiger partial charge on any atom is 0.124 e. The maximum atomic E-state index is 10.2. The molecule has 1 aromatic carbocycles. The molecule has 0 N–H and O–H groups in total. The van der Waals surface area contributed by atoms with Gasteiger partial charge in [0, 0.05) is 0 Å². The first-order valence-electron chi connectivity index (χ1n) is 3.67. The van der Waals surface area contributed by atoms with Crippen molar-refractivity contribution in [3.05, 3.63) is 28.2 Å². The molecule has 0 unspecified atom stereocenters. The molecule has 0 atom stereocenters. The quantitative estimate of drug-likeness (QED) is 0.632. The molecule has 12 heavy (non-hydrogen) atoms. The van der Waals surface area contributed by atoms with E-state index in [0.717, 1.165) is 16.9 Å². The Hall–Kier alpha value is -1.38. The van der Waals surface area contributed by atoms with Crippen molar-refractivity contribution in [3.8, 4) is 5.75 Å². The zero-order valence-corrected chi connectivity index (χ0v) is 7.42. The number of hydrogen-bond donors (Lipinski definition) is 0. The number of rotatable bonds is 2. The van der Waals surface area contributed by atoms with E-state index in [-0.39, 0.29) is 0 Å². The molecule has 3 nitrogen and oxygen atoms in total. The molecule has 0 saturated heterocycles. The molecule has 0 fully saturated rings. The molecule has 0 heterocycles. The van der Waals surface area contributed by atoms with E-state index in [1.807, 2.05) is 13.8 Å². The monoisotopic (exact) mass is 165 g/mol. The van der Waals surface area contributed by atoms with Gasteiger partial charge in [-0.05, 0) is 42.3 Å². The normalized spacial score (nSPS) is 9.58. The molecule has 0 spiro atoms. The third-order valence-corrected chi connectivity index (χ3v) is 1.75. The SMILES string of the molecule is COc1c(C)cc(N=O)cc1C. The summed E-state index contributed by atoms with van der Waals surface area (Å²) in [5.74, 6) is 0.822. The van der Waals surface area contributed by atoms with Crippen molar-refractivity contribution in [1.29, 1.82) is 0 Å². The summed E-state index contributed by atoms with van der Waals surface area (Å²) in [6, 6.07) is 3.41. The zero-order valence-electron chi connectivity index (χ0n) is 7.42. The fourth-order valence-electron chi connectivity index (χ4n) is 1.30. The second-order valence-electron chi connectivity index (χ2n) is 2.70. The van der Waals surface area contributed by atoms with Crippen LogP contribution in [0.4, 0.5) is 5.69 Å². The Morgan fingerprint density at radius 3 is 2.08 bits per heavy atom. The molecule has 0 bridgehead atoms. The zero-order chi connectivity index (χ0) is 9.14. The molecule has 0 aromatic heterocycles. The van der Waals surface area contributed by atoms with Crippen LogP contribution in [0.5, 0.6) is 5.75 Å². The van der Waals surface area contributed by atoms with Gasteiger partial charge in [0.15, 0.2) is 0 Å². The Bertz CT molecular complexity index is 284. The summed E-state index contributed by atoms with van der Waals surface area (Å²) < 4.78 is 5.13. The molecule has 0 saturated carbocycles. The van der Waals surface area contributed by atoms with Crippen molar-refractivity contribution in [2.24, 2.45) is 5.18 Å². The number of ether oxygens (including phenoxy) is 1. The first kappa shape index (κ1) is 8.71. The summed E-state index contributed by atoms with van der Waals surface area (Å²) in [4.78, 5) is 10.2. The number of aryl methyl sites for hydroxylation is 2. The van der Waals surface area contributed by atoms with Crippen molar-refractivity contribution < 1.29 is 4.74 Å². The molecule has 0 radical (unpaired) electrons. The van der Waals surface area contributed by atoms with Crippen LogP contribution in [0.25, 0.3) is 0 Å². The molecule has 0 amide bonds. The van der Waals surface area contributed by atoms with E-state index < -0.39 is 0 Å². The molecular weight excluding hydrogens is 154 g/mol. The second-order valence-corrected chi connectivity index (χ2v) is 2.70. The van der Waals surface area contributed by atoms with Crippen LogP contribution in [0.15, 0.2) is 17.3 Å². The van der Waals surface area contributed by atoms with Crippen LogP contribution in [0.2, 0.25) is 0 Å². The maximum absolute atomic E-state index is 10.2. The van der Waals surface area contributed by atoms with Crippen LogP contribution in [0.3, 0.4) is 0 Å². The Morgan fingerprint density at radius 2 is 1.75 bits per heavy atom. The summed E-state index contributed by atoms with van der Waals surface area (Å²) in [6.07, 6.45) is 0. The lowest BCUT2D eigenvalue weighted by Gasteiger charge is -2.07. The molecule has 64 valence electrons. The van der Waals surface area contributed by atoms with Gasteiger partial charge in [-0.3, -0.25) is 0 Å². The number of hydrogen-bond acceptors (Lipinski definition) is 3. The van der Waals surface area contributed by atoms with E-state index in [1.54, 1.807) is 19.2 Å². The Labute approximate surface area is 71.3 Å². The van der Waals surface area contributed by atoms with Crippen LogP contribution >= 0.6 is 0 Å². The minimum Gasteiger partial charge on any atom is -0.496 e. The Balaban J connectivity index is 3.27. The summed E-state index contributed by atoms with van der Waals surface area (Å²) in [6.45, 7) is 3.78. The van der Waals surface area contributed by atoms with Crippen LogP contribution in [0.1, 0.15) is 11.1 Å². The van der Waals surface area contributed by atoms with E-state index in [2.05, 4.69) is 5.18 Å². The summed E-state index contributed by atoms with van der Waals surface area (Å²) in [5, 5.41) is 2.86. The molecule has 0 aliphatic heterocycles. The summed E-state index contributed by atoms with van der Waals surface area (Å²) in [5.41, 5.74) is 2.32. The number of nitrogens with zero attached hydrogens (tertiary/aromatic N) is 1. The van der Waals surface area contributed by atoms with Gasteiger partial charge in [-0.25, -0.2) is 0 Å². The van der Waals surface area contributed by atoms with Gasteiger partial charge in [0.25, 0.3) is 0 Å². The van der Waals surface area contributed by atoms with Gasteiger partial charge in [-0.2, -0.15) is 0 Å². The van der Waals surface area contributed by atoms with E-state index in [9.17, 15) is 4.91 Å². The average molecular weight is 165 g/mol. The van der Waals surface area contributed by atoms with Crippen LogP contribution < -0.4 is 4.74 Å². The number of nitroso groups, excluding NO2 is 1. The fraction of sp³-hybridized carbons (Fsp3) is 0.333. The second kappa shape index (κ2) is 3.34. The van der Waals surface area contributed by atoms with Gasteiger partial charge < -0.3 is 4.74 Å². The van der Waals surface area contributed by atoms with E-state index >= 15 is 0 Å². The molecule has 0 aliphatic carbocycles. The van der Waals surface area contributed by atoms with Crippen molar-refractivity contribution in [2.75, 3.05) is 7.11 Å². The summed E-state index contributed by atoms with van der Waals surface area (Å²) in [7, 11) is 1.61. The highest BCUT2D eigenvalue weighted by Crippen LogP contribution is 2.27. The molecule has 0 aliphatic rings. The molecule has 3 heteroatoms. The fourth-order valence-corrected chi connectivity index (χ4v) is 1.30. The first-order valence-corrected chi connectivity index (χ1v) is 3.67. The lowest BCUT2D eigenvalue weighted by atomic mass is 10.1. The summed E-state index contributed by atoms with van der Waals surface area (Å²) >= 11 is 0. The highest BCUT2D eigenvalue weighted by atomic mass is 16.5. The third kappa shape index (κ3) is 1.44. The first-order chi connectivity index (χ1) is 5.69.